The van der Waals surface area contributed by atoms with Crippen LogP contribution in [0.2, 0.25) is 0 Å². The van der Waals surface area contributed by atoms with E-state index in [0.717, 1.165) is 31.5 Å². The minimum Gasteiger partial charge on any atom is -0.393 e. The summed E-state index contributed by atoms with van der Waals surface area (Å²) in [5, 5.41) is 9.63. The van der Waals surface area contributed by atoms with Gasteiger partial charge in [-0.15, -0.1) is 0 Å². The fourth-order valence-electron chi connectivity index (χ4n) is 2.24. The van der Waals surface area contributed by atoms with Gasteiger partial charge < -0.3 is 5.11 Å². The Morgan fingerprint density at radius 1 is 1.29 bits per heavy atom. The van der Waals surface area contributed by atoms with Gasteiger partial charge in [0.2, 0.25) is 0 Å². The molecule has 0 amide bonds. The van der Waals surface area contributed by atoms with Crippen molar-refractivity contribution in [1.29, 1.82) is 0 Å². The molecule has 0 radical (unpaired) electrons. The summed E-state index contributed by atoms with van der Waals surface area (Å²) in [5.74, 6) is 0.138. The molecule has 1 aromatic heterocycles. The van der Waals surface area contributed by atoms with E-state index in [9.17, 15) is 18.3 Å². The first-order chi connectivity index (χ1) is 7.97. The van der Waals surface area contributed by atoms with Gasteiger partial charge in [-0.2, -0.15) is 13.2 Å². The van der Waals surface area contributed by atoms with Crippen LogP contribution in [0.1, 0.15) is 30.5 Å². The van der Waals surface area contributed by atoms with Crippen molar-refractivity contribution in [3.05, 3.63) is 29.6 Å². The van der Waals surface area contributed by atoms with Crippen molar-refractivity contribution in [3.63, 3.8) is 0 Å². The molecule has 17 heavy (non-hydrogen) atoms. The van der Waals surface area contributed by atoms with Crippen molar-refractivity contribution in [2.75, 3.05) is 0 Å². The molecule has 94 valence electrons. The molecule has 1 N–H and O–H groups in total. The molecule has 1 fully saturated rings. The van der Waals surface area contributed by atoms with Crippen LogP contribution >= 0.6 is 0 Å². The van der Waals surface area contributed by atoms with E-state index in [1.54, 1.807) is 0 Å². The first kappa shape index (κ1) is 12.4. The van der Waals surface area contributed by atoms with E-state index in [0.29, 0.717) is 12.1 Å². The van der Waals surface area contributed by atoms with Gasteiger partial charge in [-0.1, -0.05) is 6.42 Å². The fraction of sp³-hybridized carbons (Fsp3) is 0.583. The third-order valence-corrected chi connectivity index (χ3v) is 3.24. The first-order valence-electron chi connectivity index (χ1n) is 5.67. The van der Waals surface area contributed by atoms with Gasteiger partial charge in [0.15, 0.2) is 0 Å². The van der Waals surface area contributed by atoms with Crippen molar-refractivity contribution in [1.82, 2.24) is 4.98 Å². The van der Waals surface area contributed by atoms with Crippen LogP contribution in [0.5, 0.6) is 0 Å². The number of alkyl halides is 3. The summed E-state index contributed by atoms with van der Waals surface area (Å²) in [5.41, 5.74) is -0.114. The third kappa shape index (κ3) is 2.97. The Morgan fingerprint density at radius 3 is 2.53 bits per heavy atom. The quantitative estimate of drug-likeness (QED) is 0.869. The smallest absolute Gasteiger partial charge is 0.393 e. The van der Waals surface area contributed by atoms with Gasteiger partial charge >= 0.3 is 6.18 Å². The maximum absolute atomic E-state index is 12.3. The Balaban J connectivity index is 2.03. The van der Waals surface area contributed by atoms with E-state index in [-0.39, 0.29) is 12.0 Å². The lowest BCUT2D eigenvalue weighted by atomic mass is 9.99. The van der Waals surface area contributed by atoms with Crippen LogP contribution in [0.3, 0.4) is 0 Å². The minimum absolute atomic E-state index is 0.138. The molecule has 2 nitrogen and oxygen atoms in total. The number of aliphatic hydroxyl groups excluding tert-OH is 1. The van der Waals surface area contributed by atoms with Gasteiger partial charge in [-0.25, -0.2) is 0 Å². The van der Waals surface area contributed by atoms with E-state index in [1.807, 2.05) is 0 Å². The van der Waals surface area contributed by atoms with Gasteiger partial charge in [0, 0.05) is 11.9 Å². The Bertz CT molecular complexity index is 374. The molecule has 1 aliphatic carbocycles. The van der Waals surface area contributed by atoms with E-state index < -0.39 is 11.7 Å². The molecule has 0 bridgehead atoms. The standard InChI is InChI=1S/C12H14F3NO/c13-12(14,15)9-4-5-10(16-7-9)6-8-2-1-3-11(8)17/h4-5,7-8,11,17H,1-3,6H2/t8-,11+/m0/s1. The zero-order valence-corrected chi connectivity index (χ0v) is 9.24. The Hall–Kier alpha value is -1.10. The molecule has 0 aliphatic heterocycles. The van der Waals surface area contributed by atoms with E-state index in [4.69, 9.17) is 0 Å². The molecular weight excluding hydrogens is 231 g/mol. The lowest BCUT2D eigenvalue weighted by Crippen LogP contribution is -2.16. The lowest BCUT2D eigenvalue weighted by molar-refractivity contribution is -0.137. The number of halogens is 3. The minimum atomic E-state index is -4.33. The molecule has 1 aliphatic rings. The zero-order chi connectivity index (χ0) is 12.5. The highest BCUT2D eigenvalue weighted by atomic mass is 19.4. The second-order valence-electron chi connectivity index (χ2n) is 4.50. The van der Waals surface area contributed by atoms with Crippen LogP contribution in [-0.2, 0) is 12.6 Å². The average molecular weight is 245 g/mol. The normalized spacial score (nSPS) is 25.2. The maximum Gasteiger partial charge on any atom is 0.417 e. The topological polar surface area (TPSA) is 33.1 Å². The number of aromatic nitrogens is 1. The fourth-order valence-corrected chi connectivity index (χ4v) is 2.24. The molecule has 0 spiro atoms. The predicted molar refractivity (Wildman–Crippen MR) is 56.3 cm³/mol. The Morgan fingerprint density at radius 2 is 2.06 bits per heavy atom. The summed E-state index contributed by atoms with van der Waals surface area (Å²) in [4.78, 5) is 3.81. The van der Waals surface area contributed by atoms with Gasteiger partial charge in [0.05, 0.1) is 11.7 Å². The average Bonchev–Trinajstić information content (AvgIpc) is 2.64. The van der Waals surface area contributed by atoms with Crippen LogP contribution in [-0.4, -0.2) is 16.2 Å². The number of nitrogens with zero attached hydrogens (tertiary/aromatic N) is 1. The third-order valence-electron chi connectivity index (χ3n) is 3.24. The van der Waals surface area contributed by atoms with Crippen molar-refractivity contribution < 1.29 is 18.3 Å². The van der Waals surface area contributed by atoms with E-state index >= 15 is 0 Å². The summed E-state index contributed by atoms with van der Waals surface area (Å²) >= 11 is 0. The molecule has 1 heterocycles. The Kier molecular flexibility index (Phi) is 3.38. The van der Waals surface area contributed by atoms with Crippen LogP contribution in [0.25, 0.3) is 0 Å². The van der Waals surface area contributed by atoms with Crippen LogP contribution in [0, 0.1) is 5.92 Å². The number of rotatable bonds is 2. The summed E-state index contributed by atoms with van der Waals surface area (Å²) in [7, 11) is 0. The summed E-state index contributed by atoms with van der Waals surface area (Å²) in [6.45, 7) is 0. The van der Waals surface area contributed by atoms with Crippen molar-refractivity contribution >= 4 is 0 Å². The van der Waals surface area contributed by atoms with E-state index in [2.05, 4.69) is 4.98 Å². The molecule has 0 aromatic carbocycles. The maximum atomic E-state index is 12.3. The first-order valence-corrected chi connectivity index (χ1v) is 5.67. The second kappa shape index (κ2) is 4.64. The van der Waals surface area contributed by atoms with Gasteiger partial charge in [-0.3, -0.25) is 4.98 Å². The van der Waals surface area contributed by atoms with Crippen LogP contribution < -0.4 is 0 Å². The number of aliphatic hydroxyl groups is 1. The molecular formula is C12H14F3NO. The monoisotopic (exact) mass is 245 g/mol. The van der Waals surface area contributed by atoms with Gasteiger partial charge in [0.25, 0.3) is 0 Å². The summed E-state index contributed by atoms with van der Waals surface area (Å²) in [6, 6.07) is 2.44. The summed E-state index contributed by atoms with van der Waals surface area (Å²) < 4.78 is 36.9. The Labute approximate surface area is 97.5 Å². The summed E-state index contributed by atoms with van der Waals surface area (Å²) in [6.07, 6.45) is -0.574. The molecule has 0 unspecified atom stereocenters. The lowest BCUT2D eigenvalue weighted by Gasteiger charge is -2.14. The van der Waals surface area contributed by atoms with Crippen LogP contribution in [0.4, 0.5) is 13.2 Å². The molecule has 0 saturated heterocycles. The molecule has 5 heteroatoms. The van der Waals surface area contributed by atoms with Gasteiger partial charge in [0.1, 0.15) is 0 Å². The molecule has 1 saturated carbocycles. The SMILES string of the molecule is O[C@@H]1CCC[C@H]1Cc1ccc(C(F)(F)F)cn1. The number of hydrogen-bond acceptors (Lipinski definition) is 2. The van der Waals surface area contributed by atoms with Crippen molar-refractivity contribution in [2.24, 2.45) is 5.92 Å². The molecule has 2 rings (SSSR count). The molecule has 1 aromatic rings. The highest BCUT2D eigenvalue weighted by Crippen LogP contribution is 2.30. The largest absolute Gasteiger partial charge is 0.417 e. The van der Waals surface area contributed by atoms with Gasteiger partial charge in [-0.05, 0) is 37.3 Å². The highest BCUT2D eigenvalue weighted by Gasteiger charge is 2.31. The number of hydrogen-bond donors (Lipinski definition) is 1. The van der Waals surface area contributed by atoms with Crippen molar-refractivity contribution in [3.8, 4) is 0 Å². The zero-order valence-electron chi connectivity index (χ0n) is 9.24. The van der Waals surface area contributed by atoms with Crippen molar-refractivity contribution in [2.45, 2.75) is 38.0 Å². The van der Waals surface area contributed by atoms with E-state index in [1.165, 1.54) is 6.07 Å². The second-order valence-corrected chi connectivity index (χ2v) is 4.50. The number of pyridine rings is 1. The highest BCUT2D eigenvalue weighted by molar-refractivity contribution is 5.17. The van der Waals surface area contributed by atoms with Crippen LogP contribution in [0.15, 0.2) is 18.3 Å². The molecule has 2 atom stereocenters. The predicted octanol–water partition coefficient (Wildman–Crippen LogP) is 2.80.